The van der Waals surface area contributed by atoms with Gasteiger partial charge >= 0.3 is 19.7 Å². The van der Waals surface area contributed by atoms with Crippen LogP contribution < -0.4 is 0 Å². The van der Waals surface area contributed by atoms with Crippen LogP contribution in [0.25, 0.3) is 16.3 Å². The maximum absolute atomic E-state index is 13.9. The molecule has 0 heterocycles. The van der Waals surface area contributed by atoms with E-state index in [0.717, 1.165) is 12.1 Å². The van der Waals surface area contributed by atoms with Gasteiger partial charge in [0.15, 0.2) is 0 Å². The van der Waals surface area contributed by atoms with Crippen LogP contribution in [-0.4, -0.2) is 31.5 Å². The molecular formula is C12H7F3N2O4S2. The van der Waals surface area contributed by atoms with Crippen LogP contribution in [0.4, 0.5) is 13.2 Å². The minimum atomic E-state index is -6.34. The van der Waals surface area contributed by atoms with Gasteiger partial charge in [-0.25, -0.2) is 16.8 Å². The predicted molar refractivity (Wildman–Crippen MR) is 74.7 cm³/mol. The topological polar surface area (TPSA) is 105 Å². The molecule has 0 spiro atoms. The average molecular weight is 364 g/mol. The monoisotopic (exact) mass is 364 g/mol. The van der Waals surface area contributed by atoms with Crippen molar-refractivity contribution < 1.29 is 34.8 Å². The molecule has 6 nitrogen and oxygen atoms in total. The molecule has 0 radical (unpaired) electrons. The standard InChI is InChI=1S/C12H7F3N2O4S2/c13-11(17-16)23(20,21)12(14,15)22(18,19)10-6-5-8-3-1-2-4-9(8)7-10/h1-7H. The van der Waals surface area contributed by atoms with E-state index in [0.29, 0.717) is 5.39 Å². The van der Waals surface area contributed by atoms with Gasteiger partial charge in [0.2, 0.25) is 0 Å². The number of rotatable bonds is 3. The normalized spacial score (nSPS) is 12.8. The molecule has 0 aliphatic heterocycles. The molecule has 0 unspecified atom stereocenters. The van der Waals surface area contributed by atoms with Gasteiger partial charge in [-0.05, 0) is 22.9 Å². The van der Waals surface area contributed by atoms with Gasteiger partial charge < -0.3 is 5.53 Å². The van der Waals surface area contributed by atoms with Crippen molar-refractivity contribution in [1.82, 2.24) is 0 Å². The minimum Gasteiger partial charge on any atom is -0.357 e. The molecule has 0 saturated heterocycles. The highest BCUT2D eigenvalue weighted by Gasteiger charge is 2.64. The van der Waals surface area contributed by atoms with E-state index in [1.807, 2.05) is 0 Å². The number of halogens is 3. The van der Waals surface area contributed by atoms with Crippen molar-refractivity contribution in [3.8, 4) is 0 Å². The predicted octanol–water partition coefficient (Wildman–Crippen LogP) is 2.13. The van der Waals surface area contributed by atoms with E-state index in [1.54, 1.807) is 12.1 Å². The first-order valence-electron chi connectivity index (χ1n) is 5.79. The second kappa shape index (κ2) is 5.44. The number of hydrogen-bond donors (Lipinski definition) is 0. The summed E-state index contributed by atoms with van der Waals surface area (Å²) in [5.74, 6) is 0. The molecule has 2 aromatic rings. The van der Waals surface area contributed by atoms with Crippen LogP contribution in [0.3, 0.4) is 0 Å². The van der Waals surface area contributed by atoms with Crippen molar-refractivity contribution in [2.45, 2.75) is 9.48 Å². The number of nitrogens with zero attached hydrogens (tertiary/aromatic N) is 2. The van der Waals surface area contributed by atoms with Gasteiger partial charge in [0.25, 0.3) is 9.84 Å². The third-order valence-corrected chi connectivity index (χ3v) is 6.92. The smallest absolute Gasteiger partial charge is 0.357 e. The summed E-state index contributed by atoms with van der Waals surface area (Å²) in [4.78, 5) is 0.483. The third kappa shape index (κ3) is 2.52. The average Bonchev–Trinajstić information content (AvgIpc) is 2.53. The fourth-order valence-corrected chi connectivity index (χ4v) is 4.53. The Labute approximate surface area is 128 Å². The van der Waals surface area contributed by atoms with Gasteiger partial charge in [0.05, 0.1) is 4.90 Å². The van der Waals surface area contributed by atoms with E-state index in [2.05, 4.69) is 0 Å². The summed E-state index contributed by atoms with van der Waals surface area (Å²) in [5, 5.41) is -2.11. The van der Waals surface area contributed by atoms with Crippen molar-refractivity contribution in [3.05, 3.63) is 48.0 Å². The minimum absolute atomic E-state index is 0.262. The van der Waals surface area contributed by atoms with Crippen molar-refractivity contribution in [2.75, 3.05) is 0 Å². The molecule has 0 atom stereocenters. The van der Waals surface area contributed by atoms with E-state index >= 15 is 0 Å². The van der Waals surface area contributed by atoms with E-state index in [1.165, 1.54) is 23.0 Å². The first kappa shape index (κ1) is 17.1. The lowest BCUT2D eigenvalue weighted by Gasteiger charge is -2.14. The summed E-state index contributed by atoms with van der Waals surface area (Å²) in [5.41, 5.74) is 8.02. The zero-order valence-electron chi connectivity index (χ0n) is 11.0. The van der Waals surface area contributed by atoms with E-state index in [9.17, 15) is 30.0 Å². The van der Waals surface area contributed by atoms with Crippen LogP contribution >= 0.6 is 0 Å². The van der Waals surface area contributed by atoms with Crippen LogP contribution in [0, 0.1) is 0 Å². The van der Waals surface area contributed by atoms with Crippen molar-refractivity contribution in [2.24, 2.45) is 0 Å². The van der Waals surface area contributed by atoms with E-state index < -0.39 is 34.5 Å². The number of fused-ring (bicyclic) bond motifs is 1. The van der Waals surface area contributed by atoms with Gasteiger partial charge in [0, 0.05) is 0 Å². The molecule has 2 aromatic carbocycles. The molecule has 0 fully saturated rings. The molecule has 23 heavy (non-hydrogen) atoms. The molecule has 0 aliphatic rings. The highest BCUT2D eigenvalue weighted by Crippen LogP contribution is 2.36. The summed E-state index contributed by atoms with van der Waals surface area (Å²) in [6.45, 7) is 0. The number of hydrogen-bond acceptors (Lipinski definition) is 4. The van der Waals surface area contributed by atoms with E-state index in [4.69, 9.17) is 5.53 Å². The third-order valence-electron chi connectivity index (χ3n) is 2.96. The maximum atomic E-state index is 13.9. The molecule has 0 saturated carbocycles. The van der Waals surface area contributed by atoms with Crippen molar-refractivity contribution in [3.63, 3.8) is 0 Å². The summed E-state index contributed by atoms with van der Waals surface area (Å²) in [6, 6.07) is 8.96. The summed E-state index contributed by atoms with van der Waals surface area (Å²) in [6.07, 6.45) is 0. The quantitative estimate of drug-likeness (QED) is 0.360. The molecule has 0 aromatic heterocycles. The molecule has 0 bridgehead atoms. The molecule has 0 aliphatic carbocycles. The van der Waals surface area contributed by atoms with Gasteiger partial charge in [-0.2, -0.15) is 8.78 Å². The number of sulfone groups is 2. The second-order valence-electron chi connectivity index (χ2n) is 4.33. The highest BCUT2D eigenvalue weighted by atomic mass is 32.3. The lowest BCUT2D eigenvalue weighted by Crippen LogP contribution is -2.41. The lowest BCUT2D eigenvalue weighted by atomic mass is 10.1. The Bertz CT molecular complexity index is 1040. The Hall–Kier alpha value is -2.23. The molecule has 2 rings (SSSR count). The molecule has 11 heteroatoms. The number of benzene rings is 2. The van der Waals surface area contributed by atoms with Crippen LogP contribution in [0.1, 0.15) is 0 Å². The first-order chi connectivity index (χ1) is 10.6. The fourth-order valence-electron chi connectivity index (χ4n) is 1.77. The van der Waals surface area contributed by atoms with Gasteiger partial charge in [-0.1, -0.05) is 30.3 Å². The molecule has 122 valence electrons. The van der Waals surface area contributed by atoms with Crippen molar-refractivity contribution >= 4 is 35.7 Å². The molecule has 0 amide bonds. The zero-order valence-corrected chi connectivity index (χ0v) is 12.7. The first-order valence-corrected chi connectivity index (χ1v) is 8.76. The lowest BCUT2D eigenvalue weighted by molar-refractivity contribution is -0.0148. The zero-order chi connectivity index (χ0) is 17.5. The van der Waals surface area contributed by atoms with Gasteiger partial charge in [-0.3, -0.25) is 0 Å². The molecular weight excluding hydrogens is 357 g/mol. The Morgan fingerprint density at radius 2 is 1.57 bits per heavy atom. The van der Waals surface area contributed by atoms with E-state index in [-0.39, 0.29) is 5.39 Å². The Morgan fingerprint density at radius 3 is 2.13 bits per heavy atom. The largest absolute Gasteiger partial charge is 0.569 e. The summed E-state index contributed by atoms with van der Waals surface area (Å²) < 4.78 is 81.5. The number of alkyl halides is 2. The van der Waals surface area contributed by atoms with Crippen LogP contribution in [0.15, 0.2) is 47.4 Å². The van der Waals surface area contributed by atoms with Crippen LogP contribution in [0.2, 0.25) is 0 Å². The Kier molecular flexibility index (Phi) is 4.05. The SMILES string of the molecule is [N-]=[N+]=C(F)S(=O)(=O)C(F)(F)S(=O)(=O)c1ccc2ccccc2c1. The Balaban J connectivity index is 2.71. The van der Waals surface area contributed by atoms with Crippen molar-refractivity contribution in [1.29, 1.82) is 0 Å². The summed E-state index contributed by atoms with van der Waals surface area (Å²) in [7, 11) is -12.1. The highest BCUT2D eigenvalue weighted by molar-refractivity contribution is 8.17. The van der Waals surface area contributed by atoms with Crippen LogP contribution in [0.5, 0.6) is 0 Å². The van der Waals surface area contributed by atoms with Gasteiger partial charge in [-0.15, -0.1) is 9.18 Å². The van der Waals surface area contributed by atoms with Gasteiger partial charge in [0.1, 0.15) is 0 Å². The Morgan fingerprint density at radius 1 is 1.00 bits per heavy atom. The maximum Gasteiger partial charge on any atom is 0.569 e. The fraction of sp³-hybridized carbons (Fsp3) is 0.0833. The summed E-state index contributed by atoms with van der Waals surface area (Å²) >= 11 is 0. The molecule has 0 N–H and O–H groups in total. The second-order valence-corrected chi connectivity index (χ2v) is 8.44. The van der Waals surface area contributed by atoms with Crippen LogP contribution in [-0.2, 0) is 19.7 Å².